The van der Waals surface area contributed by atoms with Crippen molar-refractivity contribution in [2.24, 2.45) is 5.41 Å². The molecule has 1 N–H and O–H groups in total. The summed E-state index contributed by atoms with van der Waals surface area (Å²) < 4.78 is 65.5. The molecule has 0 bridgehead atoms. The second kappa shape index (κ2) is 5.25. The maximum Gasteiger partial charge on any atom is 0.310 e. The molecule has 1 aliphatic heterocycles. The number of nitrogens with zero attached hydrogens (tertiary/aromatic N) is 1. The predicted molar refractivity (Wildman–Crippen MR) is 78.9 cm³/mol. The zero-order valence-corrected chi connectivity index (χ0v) is 13.1. The summed E-state index contributed by atoms with van der Waals surface area (Å²) in [6, 6.07) is 5.70. The molecular formula is C13H16ClF5N2S. The highest BCUT2D eigenvalue weighted by Gasteiger charge is 2.66. The maximum atomic E-state index is 13.1. The Morgan fingerprint density at radius 3 is 2.14 bits per heavy atom. The van der Waals surface area contributed by atoms with E-state index < -0.39 is 26.1 Å². The van der Waals surface area contributed by atoms with Crippen LogP contribution >= 0.6 is 22.6 Å². The van der Waals surface area contributed by atoms with Crippen LogP contribution in [-0.2, 0) is 6.42 Å². The smallest absolute Gasteiger partial charge is 0.310 e. The molecule has 22 heavy (non-hydrogen) atoms. The molecule has 1 saturated heterocycles. The zero-order chi connectivity index (χ0) is 15.8. The molecule has 1 aliphatic rings. The molecule has 126 valence electrons. The summed E-state index contributed by atoms with van der Waals surface area (Å²) in [5.41, 5.74) is -1.52. The summed E-state index contributed by atoms with van der Waals surface area (Å²) >= 11 is 0. The van der Waals surface area contributed by atoms with Gasteiger partial charge in [-0.25, -0.2) is 0 Å². The van der Waals surface area contributed by atoms with Crippen molar-refractivity contribution in [2.45, 2.75) is 24.2 Å². The van der Waals surface area contributed by atoms with Crippen molar-refractivity contribution >= 4 is 22.6 Å². The lowest BCUT2D eigenvalue weighted by Crippen LogP contribution is -2.37. The number of nitriles is 1. The number of halogens is 6. The molecule has 0 radical (unpaired) electrons. The van der Waals surface area contributed by atoms with Crippen molar-refractivity contribution in [2.75, 3.05) is 13.1 Å². The number of hydrogen-bond donors (Lipinski definition) is 1. The lowest BCUT2D eigenvalue weighted by atomic mass is 9.75. The fraction of sp³-hybridized carbons (Fsp3) is 0.462. The van der Waals surface area contributed by atoms with Crippen LogP contribution in [0.1, 0.15) is 18.4 Å². The molecule has 1 aromatic carbocycles. The summed E-state index contributed by atoms with van der Waals surface area (Å²) in [6.45, 7) is 0.984. The van der Waals surface area contributed by atoms with Gasteiger partial charge in [-0.3, -0.25) is 0 Å². The van der Waals surface area contributed by atoms with Gasteiger partial charge in [0.25, 0.3) is 0 Å². The number of rotatable bonds is 3. The first-order valence-electron chi connectivity index (χ1n) is 6.40. The highest BCUT2D eigenvalue weighted by molar-refractivity contribution is 8.45. The van der Waals surface area contributed by atoms with Gasteiger partial charge in [-0.2, -0.15) is 5.26 Å². The monoisotopic (exact) mass is 362 g/mol. The molecule has 9 heteroatoms. The highest BCUT2D eigenvalue weighted by atomic mass is 35.5. The van der Waals surface area contributed by atoms with E-state index in [0.29, 0.717) is 32.0 Å². The minimum atomic E-state index is -9.75. The Hall–Kier alpha value is -1.04. The van der Waals surface area contributed by atoms with Crippen LogP contribution in [0.5, 0.6) is 0 Å². The van der Waals surface area contributed by atoms with E-state index in [2.05, 4.69) is 5.32 Å². The van der Waals surface area contributed by atoms with Gasteiger partial charge in [0.05, 0.1) is 11.5 Å². The third-order valence-electron chi connectivity index (χ3n) is 3.71. The molecule has 0 aromatic heterocycles. The van der Waals surface area contributed by atoms with E-state index in [9.17, 15) is 24.7 Å². The fourth-order valence-corrected chi connectivity index (χ4v) is 3.60. The lowest BCUT2D eigenvalue weighted by molar-refractivity contribution is 0.277. The molecule has 1 heterocycles. The Bertz CT molecular complexity index is 590. The van der Waals surface area contributed by atoms with Crippen LogP contribution in [0.2, 0.25) is 0 Å². The van der Waals surface area contributed by atoms with E-state index in [-0.39, 0.29) is 18.8 Å². The summed E-state index contributed by atoms with van der Waals surface area (Å²) in [5, 5.41) is 12.3. The minimum absolute atomic E-state index is 0. The molecule has 0 unspecified atom stereocenters. The van der Waals surface area contributed by atoms with Gasteiger partial charge in [-0.05, 0) is 44.0 Å². The summed E-state index contributed by atoms with van der Waals surface area (Å²) in [5.74, 6) is 0. The average molecular weight is 363 g/mol. The van der Waals surface area contributed by atoms with Gasteiger partial charge in [0.15, 0.2) is 0 Å². The minimum Gasteiger partial charge on any atom is -0.317 e. The molecule has 0 saturated carbocycles. The van der Waals surface area contributed by atoms with Crippen molar-refractivity contribution < 1.29 is 19.4 Å². The van der Waals surface area contributed by atoms with Crippen molar-refractivity contribution in [3.63, 3.8) is 0 Å². The normalized spacial score (nSPS) is 20.9. The molecule has 1 aromatic rings. The first kappa shape index (κ1) is 19.0. The third kappa shape index (κ3) is 4.24. The first-order chi connectivity index (χ1) is 9.46. The standard InChI is InChI=1S/C13H15F5N2S.ClH/c14-21(15,16,17,18)12-4-2-1-3-11(12)9-13(10-19)5-7-20-8-6-13;/h1-4,20H,5-9H2;1H. The quantitative estimate of drug-likeness (QED) is 0.750. The Balaban J connectivity index is 0.00000242. The molecule has 0 amide bonds. The van der Waals surface area contributed by atoms with Gasteiger partial charge in [0.2, 0.25) is 0 Å². The zero-order valence-electron chi connectivity index (χ0n) is 11.5. The van der Waals surface area contributed by atoms with E-state index in [4.69, 9.17) is 0 Å². The number of hydrogen-bond acceptors (Lipinski definition) is 2. The SMILES string of the molecule is Cl.N#CC1(Cc2ccccc2S(F)(F)(F)(F)F)CCNCC1. The summed E-state index contributed by atoms with van der Waals surface area (Å²) in [7, 11) is -9.75. The van der Waals surface area contributed by atoms with Crippen molar-refractivity contribution in [3.8, 4) is 6.07 Å². The van der Waals surface area contributed by atoms with Crippen molar-refractivity contribution in [1.82, 2.24) is 5.32 Å². The topological polar surface area (TPSA) is 35.8 Å². The number of piperidine rings is 1. The van der Waals surface area contributed by atoms with Gasteiger partial charge < -0.3 is 5.32 Å². The third-order valence-corrected chi connectivity index (χ3v) is 4.94. The lowest BCUT2D eigenvalue weighted by Gasteiger charge is -2.42. The molecule has 0 atom stereocenters. The number of benzene rings is 1. The van der Waals surface area contributed by atoms with Crippen molar-refractivity contribution in [3.05, 3.63) is 29.8 Å². The molecule has 0 spiro atoms. The van der Waals surface area contributed by atoms with Crippen LogP contribution < -0.4 is 5.32 Å². The number of nitrogens with one attached hydrogen (secondary N) is 1. The van der Waals surface area contributed by atoms with Gasteiger partial charge in [-0.1, -0.05) is 37.6 Å². The van der Waals surface area contributed by atoms with Crippen LogP contribution in [0.15, 0.2) is 29.2 Å². The Labute approximate surface area is 131 Å². The molecule has 2 nitrogen and oxygen atoms in total. The van der Waals surface area contributed by atoms with E-state index >= 15 is 0 Å². The molecule has 2 rings (SSSR count). The van der Waals surface area contributed by atoms with E-state index in [0.717, 1.165) is 12.1 Å². The average Bonchev–Trinajstić information content (AvgIpc) is 2.37. The van der Waals surface area contributed by atoms with Gasteiger partial charge >= 0.3 is 10.2 Å². The molecule has 1 fully saturated rings. The molecular weight excluding hydrogens is 347 g/mol. The maximum absolute atomic E-state index is 13.1. The predicted octanol–water partition coefficient (Wildman–Crippen LogP) is 5.20. The Morgan fingerprint density at radius 1 is 1.09 bits per heavy atom. The van der Waals surface area contributed by atoms with Crippen LogP contribution in [0.3, 0.4) is 0 Å². The molecule has 0 aliphatic carbocycles. The van der Waals surface area contributed by atoms with Gasteiger partial charge in [0, 0.05) is 0 Å². The second-order valence-electron chi connectivity index (χ2n) is 5.40. The Morgan fingerprint density at radius 2 is 1.64 bits per heavy atom. The largest absolute Gasteiger partial charge is 0.317 e. The van der Waals surface area contributed by atoms with E-state index in [1.54, 1.807) is 0 Å². The second-order valence-corrected chi connectivity index (χ2v) is 7.77. The fourth-order valence-electron chi connectivity index (χ4n) is 2.62. The van der Waals surface area contributed by atoms with Gasteiger partial charge in [0.1, 0.15) is 4.90 Å². The van der Waals surface area contributed by atoms with E-state index in [1.165, 1.54) is 6.07 Å². The van der Waals surface area contributed by atoms with Crippen LogP contribution in [0.25, 0.3) is 0 Å². The highest BCUT2D eigenvalue weighted by Crippen LogP contribution is 3.02. The van der Waals surface area contributed by atoms with Crippen LogP contribution in [0.4, 0.5) is 19.4 Å². The summed E-state index contributed by atoms with van der Waals surface area (Å²) in [4.78, 5) is -1.87. The van der Waals surface area contributed by atoms with Gasteiger partial charge in [-0.15, -0.1) is 12.4 Å². The van der Waals surface area contributed by atoms with Crippen LogP contribution in [0, 0.1) is 16.7 Å². The van der Waals surface area contributed by atoms with Crippen molar-refractivity contribution in [1.29, 1.82) is 5.26 Å². The van der Waals surface area contributed by atoms with Crippen LogP contribution in [-0.4, -0.2) is 13.1 Å². The summed E-state index contributed by atoms with van der Waals surface area (Å²) in [6.07, 6.45) is 0.378. The Kier molecular flexibility index (Phi) is 4.54. The first-order valence-corrected chi connectivity index (χ1v) is 8.35. The van der Waals surface area contributed by atoms with E-state index in [1.807, 2.05) is 6.07 Å².